The first-order valence-corrected chi connectivity index (χ1v) is 11.9. The second kappa shape index (κ2) is 11.4. The molecule has 0 unspecified atom stereocenters. The molecule has 1 aromatic carbocycles. The van der Waals surface area contributed by atoms with E-state index in [1.165, 1.54) is 18.1 Å². The van der Waals surface area contributed by atoms with E-state index in [0.717, 1.165) is 51.3 Å². The van der Waals surface area contributed by atoms with Crippen molar-refractivity contribution in [2.24, 2.45) is 0 Å². The van der Waals surface area contributed by atoms with Gasteiger partial charge in [0, 0.05) is 37.5 Å². The lowest BCUT2D eigenvalue weighted by atomic mass is 9.89. The summed E-state index contributed by atoms with van der Waals surface area (Å²) in [5, 5.41) is 10.8. The van der Waals surface area contributed by atoms with Gasteiger partial charge < -0.3 is 23.9 Å². The third-order valence-corrected chi connectivity index (χ3v) is 6.46. The highest BCUT2D eigenvalue weighted by Gasteiger charge is 2.24. The van der Waals surface area contributed by atoms with Crippen molar-refractivity contribution in [3.05, 3.63) is 53.9 Å². The van der Waals surface area contributed by atoms with Crippen molar-refractivity contribution >= 4 is 17.0 Å². The Bertz CT molecular complexity index is 1110. The number of hydrogen-bond donors (Lipinski definition) is 1. The molecule has 0 spiro atoms. The zero-order chi connectivity index (χ0) is 23.9. The van der Waals surface area contributed by atoms with E-state index in [2.05, 4.69) is 26.7 Å². The summed E-state index contributed by atoms with van der Waals surface area (Å²) < 4.78 is 18.8. The minimum atomic E-state index is -1.05. The monoisotopic (exact) mass is 467 g/mol. The number of ether oxygens (including phenoxy) is 3. The van der Waals surface area contributed by atoms with E-state index in [9.17, 15) is 9.90 Å². The van der Waals surface area contributed by atoms with Crippen LogP contribution in [0.2, 0.25) is 0 Å². The molecule has 3 heterocycles. The van der Waals surface area contributed by atoms with Gasteiger partial charge in [0.1, 0.15) is 29.3 Å². The van der Waals surface area contributed by atoms with E-state index < -0.39 is 5.97 Å². The molecule has 182 valence electrons. The summed E-state index contributed by atoms with van der Waals surface area (Å²) in [7, 11) is 1.46. The van der Waals surface area contributed by atoms with Crippen LogP contribution in [-0.2, 0) is 11.3 Å². The van der Waals surface area contributed by atoms with Crippen LogP contribution in [-0.4, -0.2) is 72.1 Å². The summed E-state index contributed by atoms with van der Waals surface area (Å²) in [6, 6.07) is 9.22. The zero-order valence-electron chi connectivity index (χ0n) is 19.9. The number of rotatable bonds is 11. The fourth-order valence-corrected chi connectivity index (χ4v) is 4.72. The largest absolute Gasteiger partial charge is 0.496 e. The van der Waals surface area contributed by atoms with Crippen molar-refractivity contribution in [1.29, 1.82) is 0 Å². The second-order valence-corrected chi connectivity index (χ2v) is 8.45. The molecule has 0 radical (unpaired) electrons. The number of nitrogens with zero attached hydrogens (tertiary/aromatic N) is 3. The van der Waals surface area contributed by atoms with Gasteiger partial charge in [0.15, 0.2) is 0 Å². The van der Waals surface area contributed by atoms with E-state index in [1.54, 1.807) is 18.2 Å². The molecular weight excluding hydrogens is 434 g/mol. The van der Waals surface area contributed by atoms with Crippen LogP contribution >= 0.6 is 0 Å². The molecular formula is C26H33N3O5. The third kappa shape index (κ3) is 5.34. The van der Waals surface area contributed by atoms with Crippen LogP contribution in [0, 0.1) is 0 Å². The van der Waals surface area contributed by atoms with Crippen molar-refractivity contribution < 1.29 is 24.1 Å². The molecule has 0 bridgehead atoms. The molecule has 3 aromatic rings. The average molecular weight is 468 g/mol. The number of methoxy groups -OCH3 is 1. The molecule has 1 aliphatic heterocycles. The smallest absolute Gasteiger partial charge is 0.343 e. The molecule has 34 heavy (non-hydrogen) atoms. The topological polar surface area (TPSA) is 86.0 Å². The normalized spacial score (nSPS) is 15.0. The first-order valence-electron chi connectivity index (χ1n) is 11.9. The Hall–Kier alpha value is -3.10. The van der Waals surface area contributed by atoms with E-state index in [1.807, 2.05) is 19.2 Å². The van der Waals surface area contributed by atoms with Gasteiger partial charge in [0.25, 0.3) is 0 Å². The summed E-state index contributed by atoms with van der Waals surface area (Å²) in [5.74, 6) is 0.0900. The van der Waals surface area contributed by atoms with E-state index in [0.29, 0.717) is 30.6 Å². The number of benzene rings is 1. The van der Waals surface area contributed by atoms with Gasteiger partial charge in [0.05, 0.1) is 13.7 Å². The van der Waals surface area contributed by atoms with Gasteiger partial charge in [-0.2, -0.15) is 0 Å². The predicted molar refractivity (Wildman–Crippen MR) is 130 cm³/mol. The highest BCUT2D eigenvalue weighted by atomic mass is 16.5. The van der Waals surface area contributed by atoms with Gasteiger partial charge in [-0.25, -0.2) is 9.78 Å². The average Bonchev–Trinajstić information content (AvgIpc) is 3.23. The number of pyridine rings is 1. The molecule has 1 N–H and O–H groups in total. The highest BCUT2D eigenvalue weighted by molar-refractivity contribution is 5.94. The number of piperidine rings is 1. The molecule has 0 amide bonds. The molecule has 1 fully saturated rings. The summed E-state index contributed by atoms with van der Waals surface area (Å²) in [5.41, 5.74) is 2.47. The number of aromatic nitrogens is 2. The van der Waals surface area contributed by atoms with Crippen molar-refractivity contribution in [3.8, 4) is 11.5 Å². The molecule has 4 rings (SSSR count). The SMILES string of the molecule is CCOCCn1cc(C2CCN(CCOc3cccc(OC)c3C(=O)O)CC2)c2cccnc21. The van der Waals surface area contributed by atoms with Crippen LogP contribution < -0.4 is 9.47 Å². The van der Waals surface area contributed by atoms with Crippen LogP contribution in [0.4, 0.5) is 0 Å². The summed E-state index contributed by atoms with van der Waals surface area (Å²) in [6.45, 7) is 7.36. The van der Waals surface area contributed by atoms with Crippen LogP contribution in [0.15, 0.2) is 42.7 Å². The molecule has 8 heteroatoms. The molecule has 0 aliphatic carbocycles. The Labute approximate surface area is 200 Å². The van der Waals surface area contributed by atoms with Crippen molar-refractivity contribution in [3.63, 3.8) is 0 Å². The van der Waals surface area contributed by atoms with Crippen LogP contribution in [0.1, 0.15) is 41.6 Å². The molecule has 8 nitrogen and oxygen atoms in total. The van der Waals surface area contributed by atoms with Crippen molar-refractivity contribution in [2.45, 2.75) is 32.2 Å². The molecule has 2 aromatic heterocycles. The number of likely N-dealkylation sites (tertiary alicyclic amines) is 1. The third-order valence-electron chi connectivity index (χ3n) is 6.46. The van der Waals surface area contributed by atoms with Gasteiger partial charge in [0.2, 0.25) is 0 Å². The first kappa shape index (κ1) is 24.0. The standard InChI is InChI=1S/C26H33N3O5/c1-3-33-16-15-29-18-21(20-6-5-11-27-25(20)29)19-9-12-28(13-10-19)14-17-34-23-8-4-7-22(32-2)24(23)26(30)31/h4-8,11,18-19H,3,9-10,12-17H2,1-2H3,(H,30,31). The number of carboxylic acid groups (broad SMARTS) is 1. The second-order valence-electron chi connectivity index (χ2n) is 8.45. The number of fused-ring (bicyclic) bond motifs is 1. The summed E-state index contributed by atoms with van der Waals surface area (Å²) >= 11 is 0. The molecule has 1 aliphatic rings. The Morgan fingerprint density at radius 3 is 2.65 bits per heavy atom. The summed E-state index contributed by atoms with van der Waals surface area (Å²) in [6.07, 6.45) is 6.25. The zero-order valence-corrected chi connectivity index (χ0v) is 19.9. The Morgan fingerprint density at radius 2 is 1.91 bits per heavy atom. The van der Waals surface area contributed by atoms with E-state index in [4.69, 9.17) is 14.2 Å². The lowest BCUT2D eigenvalue weighted by Gasteiger charge is -2.31. The van der Waals surface area contributed by atoms with Gasteiger partial charge in [-0.05, 0) is 68.6 Å². The predicted octanol–water partition coefficient (Wildman–Crippen LogP) is 4.04. The van der Waals surface area contributed by atoms with E-state index >= 15 is 0 Å². The highest BCUT2D eigenvalue weighted by Crippen LogP contribution is 2.34. The first-order chi connectivity index (χ1) is 16.6. The minimum absolute atomic E-state index is 0.0676. The number of aromatic carboxylic acids is 1. The molecule has 1 saturated heterocycles. The minimum Gasteiger partial charge on any atom is -0.496 e. The Kier molecular flexibility index (Phi) is 8.03. The van der Waals surface area contributed by atoms with Crippen LogP contribution in [0.5, 0.6) is 11.5 Å². The maximum atomic E-state index is 11.6. The maximum Gasteiger partial charge on any atom is 0.343 e. The Morgan fingerprint density at radius 1 is 1.12 bits per heavy atom. The Balaban J connectivity index is 1.34. The number of carboxylic acids is 1. The number of carbonyl (C=O) groups is 1. The van der Waals surface area contributed by atoms with Gasteiger partial charge in [-0.3, -0.25) is 4.90 Å². The summed E-state index contributed by atoms with van der Waals surface area (Å²) in [4.78, 5) is 18.6. The van der Waals surface area contributed by atoms with Crippen LogP contribution in [0.3, 0.4) is 0 Å². The van der Waals surface area contributed by atoms with Crippen molar-refractivity contribution in [1.82, 2.24) is 14.5 Å². The van der Waals surface area contributed by atoms with Crippen LogP contribution in [0.25, 0.3) is 11.0 Å². The number of hydrogen-bond acceptors (Lipinski definition) is 6. The lowest BCUT2D eigenvalue weighted by Crippen LogP contribution is -2.35. The molecule has 0 atom stereocenters. The molecule has 0 saturated carbocycles. The van der Waals surface area contributed by atoms with E-state index in [-0.39, 0.29) is 5.56 Å². The van der Waals surface area contributed by atoms with Gasteiger partial charge >= 0.3 is 5.97 Å². The van der Waals surface area contributed by atoms with Gasteiger partial charge in [-0.15, -0.1) is 0 Å². The van der Waals surface area contributed by atoms with Gasteiger partial charge in [-0.1, -0.05) is 6.07 Å². The lowest BCUT2D eigenvalue weighted by molar-refractivity contribution is 0.0687. The maximum absolute atomic E-state index is 11.6. The quantitative estimate of drug-likeness (QED) is 0.426. The van der Waals surface area contributed by atoms with Crippen molar-refractivity contribution in [2.75, 3.05) is 46.6 Å². The fraction of sp³-hybridized carbons (Fsp3) is 0.462. The fourth-order valence-electron chi connectivity index (χ4n) is 4.72.